The van der Waals surface area contributed by atoms with Gasteiger partial charge in [0.25, 0.3) is 0 Å². The molecule has 3 heterocycles. The lowest BCUT2D eigenvalue weighted by molar-refractivity contribution is 0.0892. The van der Waals surface area contributed by atoms with Crippen LogP contribution in [0.1, 0.15) is 27.9 Å². The van der Waals surface area contributed by atoms with Gasteiger partial charge in [0.1, 0.15) is 10.7 Å². The first-order chi connectivity index (χ1) is 18.7. The van der Waals surface area contributed by atoms with Gasteiger partial charge in [-0.25, -0.2) is 17.5 Å². The molecule has 5 aromatic rings. The topological polar surface area (TPSA) is 90.1 Å². The maximum absolute atomic E-state index is 14.2. The fraction of sp³-hybridized carbons (Fsp3) is 0.207. The third-order valence-corrected chi connectivity index (χ3v) is 9.32. The zero-order valence-corrected chi connectivity index (χ0v) is 22.3. The number of benzene rings is 3. The summed E-state index contributed by atoms with van der Waals surface area (Å²) in [6.07, 6.45) is 4.84. The molecule has 1 aliphatic rings. The predicted molar refractivity (Wildman–Crippen MR) is 145 cm³/mol. The molecule has 8 nitrogen and oxygen atoms in total. The number of halogens is 1. The van der Waals surface area contributed by atoms with E-state index in [2.05, 4.69) is 10.2 Å². The number of carbonyl (C=O) groups is 1. The molecule has 39 heavy (non-hydrogen) atoms. The number of aryl methyl sites for hydroxylation is 2. The second kappa shape index (κ2) is 9.25. The van der Waals surface area contributed by atoms with Crippen LogP contribution in [0.15, 0.2) is 90.2 Å². The highest BCUT2D eigenvalue weighted by Crippen LogP contribution is 2.42. The van der Waals surface area contributed by atoms with Gasteiger partial charge >= 0.3 is 0 Å². The summed E-state index contributed by atoms with van der Waals surface area (Å²) in [6, 6.07) is 19.0. The minimum absolute atomic E-state index is 0.0103. The summed E-state index contributed by atoms with van der Waals surface area (Å²) in [4.78, 5) is 14.3. The summed E-state index contributed by atoms with van der Waals surface area (Å²) >= 11 is 0. The summed E-state index contributed by atoms with van der Waals surface area (Å²) < 4.78 is 45.1. The van der Waals surface area contributed by atoms with Crippen molar-refractivity contribution in [2.24, 2.45) is 7.05 Å². The van der Waals surface area contributed by atoms with Gasteiger partial charge in [-0.05, 0) is 60.9 Å². The maximum Gasteiger partial charge on any atom is 0.246 e. The Labute approximate surface area is 225 Å². The van der Waals surface area contributed by atoms with Gasteiger partial charge in [-0.3, -0.25) is 9.48 Å². The van der Waals surface area contributed by atoms with Gasteiger partial charge in [0.2, 0.25) is 10.0 Å². The number of carbonyl (C=O) groups excluding carboxylic acids is 1. The Balaban J connectivity index is 1.48. The van der Waals surface area contributed by atoms with Crippen molar-refractivity contribution >= 4 is 26.7 Å². The third-order valence-electron chi connectivity index (χ3n) is 7.52. The molecule has 198 valence electrons. The van der Waals surface area contributed by atoms with Crippen molar-refractivity contribution in [3.63, 3.8) is 0 Å². The molecule has 0 aliphatic carbocycles. The Morgan fingerprint density at radius 2 is 1.74 bits per heavy atom. The third kappa shape index (κ3) is 4.16. The Morgan fingerprint density at radius 3 is 2.44 bits per heavy atom. The van der Waals surface area contributed by atoms with Gasteiger partial charge in [0, 0.05) is 37.3 Å². The van der Waals surface area contributed by atoms with Crippen LogP contribution in [-0.2, 0) is 22.5 Å². The summed E-state index contributed by atoms with van der Waals surface area (Å²) in [5, 5.41) is 9.35. The molecular weight excluding hydrogens is 517 g/mol. The highest BCUT2D eigenvalue weighted by Gasteiger charge is 2.50. The first-order valence-corrected chi connectivity index (χ1v) is 14.0. The minimum atomic E-state index is -3.85. The van der Waals surface area contributed by atoms with E-state index in [9.17, 15) is 17.6 Å². The van der Waals surface area contributed by atoms with Crippen LogP contribution >= 0.6 is 0 Å². The van der Waals surface area contributed by atoms with Crippen molar-refractivity contribution in [3.8, 4) is 5.69 Å². The molecular formula is C29H26FN5O3S. The van der Waals surface area contributed by atoms with Crippen LogP contribution in [0.4, 0.5) is 4.39 Å². The monoisotopic (exact) mass is 543 g/mol. The van der Waals surface area contributed by atoms with Gasteiger partial charge in [0.15, 0.2) is 5.78 Å². The quantitative estimate of drug-likeness (QED) is 0.296. The van der Waals surface area contributed by atoms with E-state index in [0.29, 0.717) is 17.7 Å². The van der Waals surface area contributed by atoms with E-state index in [1.807, 2.05) is 37.3 Å². The summed E-state index contributed by atoms with van der Waals surface area (Å²) in [7, 11) is -2.19. The fourth-order valence-electron chi connectivity index (χ4n) is 5.54. The van der Waals surface area contributed by atoms with E-state index in [4.69, 9.17) is 0 Å². The van der Waals surface area contributed by atoms with Gasteiger partial charge in [-0.1, -0.05) is 30.3 Å². The number of Topliss-reactive ketones (excluding diaryl/α,β-unsaturated/α-hetero) is 1. The molecule has 1 unspecified atom stereocenters. The predicted octanol–water partition coefficient (Wildman–Crippen LogP) is 4.42. The lowest BCUT2D eigenvalue weighted by Crippen LogP contribution is -2.41. The fourth-order valence-corrected chi connectivity index (χ4v) is 7.02. The van der Waals surface area contributed by atoms with Crippen LogP contribution in [0, 0.1) is 12.7 Å². The van der Waals surface area contributed by atoms with Crippen LogP contribution in [-0.4, -0.2) is 51.2 Å². The molecule has 0 spiro atoms. The average molecular weight is 544 g/mol. The first-order valence-electron chi connectivity index (χ1n) is 12.5. The Kier molecular flexibility index (Phi) is 5.96. The maximum atomic E-state index is 14.2. The molecule has 2 aromatic heterocycles. The molecule has 1 atom stereocenters. The number of aromatic nitrogens is 4. The van der Waals surface area contributed by atoms with Gasteiger partial charge < -0.3 is 0 Å². The molecule has 1 saturated heterocycles. The number of ketones is 1. The summed E-state index contributed by atoms with van der Waals surface area (Å²) in [6.45, 7) is 2.13. The zero-order chi connectivity index (χ0) is 27.4. The Bertz CT molecular complexity index is 1810. The van der Waals surface area contributed by atoms with Crippen LogP contribution in [0.3, 0.4) is 0 Å². The molecule has 3 aromatic carbocycles. The van der Waals surface area contributed by atoms with Crippen molar-refractivity contribution in [1.82, 2.24) is 23.9 Å². The standard InChI is InChI=1S/C29H26FN5O3S/c1-20-14-27-22(16-32-35(27)24-10-8-23(30)9-11-24)15-26(20)29(28(36)21-6-4-3-5-7-21)12-13-34(19-29)39(37,38)25-17-31-33(2)18-25/h3-11,14-18H,12-13,19H2,1-2H3. The van der Waals surface area contributed by atoms with Crippen LogP contribution in [0.2, 0.25) is 0 Å². The number of nitrogens with zero attached hydrogens (tertiary/aromatic N) is 5. The lowest BCUT2D eigenvalue weighted by Gasteiger charge is -2.30. The summed E-state index contributed by atoms with van der Waals surface area (Å²) in [5.74, 6) is -0.456. The highest BCUT2D eigenvalue weighted by molar-refractivity contribution is 7.89. The second-order valence-corrected chi connectivity index (χ2v) is 11.9. The van der Waals surface area contributed by atoms with Crippen molar-refractivity contribution in [2.75, 3.05) is 13.1 Å². The number of hydrogen-bond donors (Lipinski definition) is 0. The number of rotatable bonds is 6. The largest absolute Gasteiger partial charge is 0.293 e. The molecule has 1 fully saturated rings. The Morgan fingerprint density at radius 1 is 1.00 bits per heavy atom. The number of fused-ring (bicyclic) bond motifs is 1. The van der Waals surface area contributed by atoms with Crippen LogP contribution < -0.4 is 0 Å². The van der Waals surface area contributed by atoms with Crippen molar-refractivity contribution < 1.29 is 17.6 Å². The van der Waals surface area contributed by atoms with E-state index in [-0.39, 0.29) is 29.6 Å². The SMILES string of the molecule is Cc1cc2c(cnn2-c2ccc(F)cc2)cc1C1(C(=O)c2ccccc2)CCN(S(=O)(=O)c2cnn(C)c2)C1. The number of sulfonamides is 1. The lowest BCUT2D eigenvalue weighted by atomic mass is 9.72. The summed E-state index contributed by atoms with van der Waals surface area (Å²) in [5.41, 5.74) is 2.57. The van der Waals surface area contributed by atoms with E-state index >= 15 is 0 Å². The molecule has 0 radical (unpaired) electrons. The zero-order valence-electron chi connectivity index (χ0n) is 21.5. The van der Waals surface area contributed by atoms with Crippen molar-refractivity contribution in [2.45, 2.75) is 23.7 Å². The van der Waals surface area contributed by atoms with Crippen LogP contribution in [0.5, 0.6) is 0 Å². The molecule has 6 rings (SSSR count). The minimum Gasteiger partial charge on any atom is -0.293 e. The average Bonchev–Trinajstić information content (AvgIpc) is 3.68. The Hall–Kier alpha value is -4.15. The van der Waals surface area contributed by atoms with E-state index < -0.39 is 15.4 Å². The van der Waals surface area contributed by atoms with Crippen molar-refractivity contribution in [1.29, 1.82) is 0 Å². The molecule has 0 saturated carbocycles. The molecule has 0 N–H and O–H groups in total. The second-order valence-electron chi connectivity index (χ2n) is 9.97. The van der Waals surface area contributed by atoms with E-state index in [0.717, 1.165) is 22.0 Å². The molecule has 0 amide bonds. The van der Waals surface area contributed by atoms with Gasteiger partial charge in [-0.15, -0.1) is 0 Å². The highest BCUT2D eigenvalue weighted by atomic mass is 32.2. The van der Waals surface area contributed by atoms with Gasteiger partial charge in [-0.2, -0.15) is 14.5 Å². The number of hydrogen-bond acceptors (Lipinski definition) is 5. The first kappa shape index (κ1) is 25.1. The molecule has 1 aliphatic heterocycles. The van der Waals surface area contributed by atoms with Crippen LogP contribution in [0.25, 0.3) is 16.6 Å². The smallest absolute Gasteiger partial charge is 0.246 e. The van der Waals surface area contributed by atoms with Gasteiger partial charge in [0.05, 0.1) is 29.0 Å². The van der Waals surface area contributed by atoms with E-state index in [1.54, 1.807) is 42.2 Å². The molecule has 0 bridgehead atoms. The van der Waals surface area contributed by atoms with E-state index in [1.165, 1.54) is 33.5 Å². The normalized spacial score (nSPS) is 18.1. The molecule has 10 heteroatoms. The van der Waals surface area contributed by atoms with Crippen molar-refractivity contribution in [3.05, 3.63) is 108 Å².